The summed E-state index contributed by atoms with van der Waals surface area (Å²) in [6, 6.07) is 10.3. The van der Waals surface area contributed by atoms with Gasteiger partial charge in [-0.15, -0.1) is 0 Å². The molecule has 0 spiro atoms. The summed E-state index contributed by atoms with van der Waals surface area (Å²) in [7, 11) is 0. The summed E-state index contributed by atoms with van der Waals surface area (Å²) in [5, 5.41) is 20.5. The molecule has 10 unspecified atom stereocenters. The van der Waals surface area contributed by atoms with Crippen molar-refractivity contribution in [1.82, 2.24) is 9.80 Å². The van der Waals surface area contributed by atoms with Gasteiger partial charge in [-0.2, -0.15) is 10.5 Å². The van der Waals surface area contributed by atoms with Gasteiger partial charge in [-0.05, 0) is 264 Å². The summed E-state index contributed by atoms with van der Waals surface area (Å²) in [6.07, 6.45) is 62.3. The molecular formula is C70H116Br2N4. The predicted octanol–water partition coefficient (Wildman–Crippen LogP) is 20.3. The van der Waals surface area contributed by atoms with E-state index in [1.165, 1.54) is 283 Å². The lowest BCUT2D eigenvalue weighted by Crippen LogP contribution is -2.67. The lowest BCUT2D eigenvalue weighted by molar-refractivity contribution is -0.189. The summed E-state index contributed by atoms with van der Waals surface area (Å²) in [5.74, 6) is 11.3. The Balaban J connectivity index is 0.968. The normalized spacial score (nSPS) is 43.9. The standard InChI is InChI=1S/C70H116Br2N4/c1-3-5-7-9-11-13-15-49-21-33-57(34-22-49)75(59-37-29-55(71)30-38-59)67-45-65(53-25-17-51(47-73)18-26-53)61-42-44-64-68(46-66(54-27-19-52(48-74)20-28-54)62-41-43-63(67)69(61)70(62)64)76(60-39-31-56(72)32-40-60)58-35-23-50(24-36-58)16-14-12-10-8-6-4-2/h49-70H,3-46H2,1-2H3. The van der Waals surface area contributed by atoms with Crippen molar-refractivity contribution in [3.63, 3.8) is 0 Å². The van der Waals surface area contributed by atoms with Crippen molar-refractivity contribution in [2.45, 2.75) is 342 Å². The molecule has 4 nitrogen and oxygen atoms in total. The molecule has 0 heterocycles. The minimum Gasteiger partial charge on any atom is -0.294 e. The average molecular weight is 1170 g/mol. The molecule has 10 rings (SSSR count). The first-order valence-corrected chi connectivity index (χ1v) is 36.8. The molecule has 0 aromatic carbocycles. The second-order valence-electron chi connectivity index (χ2n) is 29.5. The lowest BCUT2D eigenvalue weighted by Gasteiger charge is -2.68. The largest absolute Gasteiger partial charge is 0.294 e. The van der Waals surface area contributed by atoms with Crippen LogP contribution in [0.2, 0.25) is 0 Å². The molecule has 76 heavy (non-hydrogen) atoms. The van der Waals surface area contributed by atoms with Gasteiger partial charge < -0.3 is 0 Å². The van der Waals surface area contributed by atoms with Crippen LogP contribution in [0.1, 0.15) is 296 Å². The number of hydrogen-bond acceptors (Lipinski definition) is 4. The van der Waals surface area contributed by atoms with E-state index in [2.05, 4.69) is 67.6 Å². The molecule has 10 atom stereocenters. The molecule has 0 radical (unpaired) electrons. The van der Waals surface area contributed by atoms with E-state index < -0.39 is 0 Å². The summed E-state index contributed by atoms with van der Waals surface area (Å²) < 4.78 is 0. The molecule has 0 aromatic rings. The maximum absolute atomic E-state index is 10.2. The molecule has 0 aliphatic heterocycles. The molecule has 0 amide bonds. The Kier molecular flexibility index (Phi) is 22.8. The minimum absolute atomic E-state index is 0.299. The molecule has 6 heteroatoms. The zero-order chi connectivity index (χ0) is 52.4. The fourth-order valence-corrected chi connectivity index (χ4v) is 22.9. The summed E-state index contributed by atoms with van der Waals surface area (Å²) in [4.78, 5) is 8.37. The number of halogens is 2. The highest BCUT2D eigenvalue weighted by atomic mass is 79.9. The first-order valence-electron chi connectivity index (χ1n) is 35.0. The van der Waals surface area contributed by atoms with Crippen LogP contribution >= 0.6 is 31.9 Å². The van der Waals surface area contributed by atoms with Gasteiger partial charge in [0.25, 0.3) is 0 Å². The molecule has 0 N–H and O–H groups in total. The van der Waals surface area contributed by atoms with Gasteiger partial charge in [0.05, 0.1) is 12.1 Å². The number of nitrogens with zero attached hydrogens (tertiary/aromatic N) is 4. The Labute approximate surface area is 486 Å². The molecular weight excluding hydrogens is 1060 g/mol. The first-order chi connectivity index (χ1) is 37.3. The van der Waals surface area contributed by atoms with Gasteiger partial charge >= 0.3 is 0 Å². The molecule has 10 saturated carbocycles. The minimum atomic E-state index is 0.299. The maximum atomic E-state index is 10.2. The van der Waals surface area contributed by atoms with Crippen LogP contribution in [0.15, 0.2) is 0 Å². The highest BCUT2D eigenvalue weighted by Gasteiger charge is 2.63. The molecule has 0 bridgehead atoms. The summed E-state index contributed by atoms with van der Waals surface area (Å²) in [6.45, 7) is 4.72. The molecule has 10 aliphatic rings. The number of hydrogen-bond donors (Lipinski definition) is 0. The lowest BCUT2D eigenvalue weighted by atomic mass is 9.41. The fraction of sp³-hybridized carbons (Fsp3) is 0.971. The Hall–Kier alpha value is -0.140. The van der Waals surface area contributed by atoms with Crippen LogP contribution in [0.25, 0.3) is 0 Å². The summed E-state index contributed by atoms with van der Waals surface area (Å²) >= 11 is 8.36. The van der Waals surface area contributed by atoms with E-state index in [0.717, 1.165) is 107 Å². The van der Waals surface area contributed by atoms with Crippen molar-refractivity contribution >= 4 is 31.9 Å². The number of rotatable bonds is 22. The van der Waals surface area contributed by atoms with Gasteiger partial charge in [0.15, 0.2) is 0 Å². The van der Waals surface area contributed by atoms with E-state index in [9.17, 15) is 10.5 Å². The van der Waals surface area contributed by atoms with E-state index in [1.54, 1.807) is 0 Å². The highest BCUT2D eigenvalue weighted by Crippen LogP contribution is 2.67. The van der Waals surface area contributed by atoms with Crippen molar-refractivity contribution in [2.24, 2.45) is 82.9 Å². The Morgan fingerprint density at radius 3 is 1.00 bits per heavy atom. The second kappa shape index (κ2) is 29.4. The Morgan fingerprint density at radius 2 is 0.658 bits per heavy atom. The third-order valence-electron chi connectivity index (χ3n) is 25.6. The van der Waals surface area contributed by atoms with Gasteiger partial charge in [-0.3, -0.25) is 9.80 Å². The van der Waals surface area contributed by atoms with Crippen molar-refractivity contribution in [3.8, 4) is 12.1 Å². The van der Waals surface area contributed by atoms with Crippen molar-refractivity contribution in [3.05, 3.63) is 0 Å². The van der Waals surface area contributed by atoms with E-state index in [1.807, 2.05) is 0 Å². The zero-order valence-corrected chi connectivity index (χ0v) is 52.5. The predicted molar refractivity (Wildman–Crippen MR) is 326 cm³/mol. The van der Waals surface area contributed by atoms with Crippen LogP contribution in [0.5, 0.6) is 0 Å². The van der Waals surface area contributed by atoms with Crippen LogP contribution in [0.4, 0.5) is 0 Å². The Morgan fingerprint density at radius 1 is 0.342 bits per heavy atom. The van der Waals surface area contributed by atoms with E-state index >= 15 is 0 Å². The van der Waals surface area contributed by atoms with Crippen LogP contribution < -0.4 is 0 Å². The van der Waals surface area contributed by atoms with Crippen molar-refractivity contribution in [1.29, 1.82) is 10.5 Å². The van der Waals surface area contributed by atoms with Crippen molar-refractivity contribution in [2.75, 3.05) is 0 Å². The van der Waals surface area contributed by atoms with Crippen LogP contribution in [-0.4, -0.2) is 55.7 Å². The third-order valence-corrected chi connectivity index (χ3v) is 27.4. The zero-order valence-electron chi connectivity index (χ0n) is 49.4. The van der Waals surface area contributed by atoms with E-state index in [-0.39, 0.29) is 0 Å². The van der Waals surface area contributed by atoms with Crippen LogP contribution in [0.3, 0.4) is 0 Å². The Bertz CT molecular complexity index is 1630. The molecule has 0 saturated heterocycles. The number of alkyl halides is 2. The van der Waals surface area contributed by atoms with Crippen LogP contribution in [0, 0.1) is 106 Å². The molecule has 10 aliphatic carbocycles. The van der Waals surface area contributed by atoms with Gasteiger partial charge in [0.1, 0.15) is 0 Å². The fourth-order valence-electron chi connectivity index (χ4n) is 21.8. The second-order valence-corrected chi connectivity index (χ2v) is 32.1. The quantitative estimate of drug-likeness (QED) is 0.0801. The summed E-state index contributed by atoms with van der Waals surface area (Å²) in [5.41, 5.74) is 0. The maximum Gasteiger partial charge on any atom is 0.0655 e. The van der Waals surface area contributed by atoms with E-state index in [0.29, 0.717) is 21.5 Å². The topological polar surface area (TPSA) is 54.1 Å². The molecule has 10 fully saturated rings. The molecule has 430 valence electrons. The van der Waals surface area contributed by atoms with E-state index in [4.69, 9.17) is 0 Å². The van der Waals surface area contributed by atoms with Gasteiger partial charge in [-0.25, -0.2) is 0 Å². The SMILES string of the molecule is CCCCCCCCC1CCC(N(C2CCC(Br)CC2)C2CC(C3CCC(C#N)CC3)C3CCC4C5C(CCC2C35)C(C2CCC(C#N)CC2)CC4N(C2CCC(Br)CC2)C2CCC(CCCCCCCC)CC2)CC1. The van der Waals surface area contributed by atoms with Gasteiger partial charge in [0.2, 0.25) is 0 Å². The number of unbranched alkanes of at least 4 members (excludes halogenated alkanes) is 10. The third kappa shape index (κ3) is 14.3. The highest BCUT2D eigenvalue weighted by molar-refractivity contribution is 9.09. The molecule has 0 aromatic heterocycles. The average Bonchev–Trinajstić information content (AvgIpc) is 3.60. The smallest absolute Gasteiger partial charge is 0.0655 e. The van der Waals surface area contributed by atoms with Gasteiger partial charge in [0, 0.05) is 57.7 Å². The number of nitriles is 2. The monoisotopic (exact) mass is 1170 g/mol. The van der Waals surface area contributed by atoms with Gasteiger partial charge in [-0.1, -0.05) is 136 Å². The van der Waals surface area contributed by atoms with Crippen LogP contribution in [-0.2, 0) is 0 Å². The van der Waals surface area contributed by atoms with Crippen molar-refractivity contribution < 1.29 is 0 Å². The first kappa shape index (κ1) is 59.0.